The van der Waals surface area contributed by atoms with E-state index in [1.54, 1.807) is 7.11 Å². The second kappa shape index (κ2) is 10.1. The lowest BCUT2D eigenvalue weighted by molar-refractivity contribution is 0.410. The molecule has 3 aromatic rings. The number of nitrogens with one attached hydrogen (secondary N) is 3. The standard InChI is InChI=1S/C20H24N4O.HI/c1-3-21-20(22-13-16-9-5-7-11-19(16)25-2)23-14-17-12-15-8-4-6-10-18(15)24-17;/h4-12,24H,3,13-14H2,1-2H3,(H2,21,22,23);1H. The molecule has 0 saturated carbocycles. The van der Waals surface area contributed by atoms with Crippen LogP contribution < -0.4 is 15.4 Å². The van der Waals surface area contributed by atoms with Crippen LogP contribution in [-0.2, 0) is 13.1 Å². The van der Waals surface area contributed by atoms with Crippen LogP contribution in [0.15, 0.2) is 59.6 Å². The maximum Gasteiger partial charge on any atom is 0.191 e. The number of halogens is 1. The zero-order valence-corrected chi connectivity index (χ0v) is 17.4. The predicted octanol–water partition coefficient (Wildman–Crippen LogP) is 4.05. The number of aromatic nitrogens is 1. The molecule has 0 aliphatic rings. The van der Waals surface area contributed by atoms with Gasteiger partial charge in [0.1, 0.15) is 5.75 Å². The Morgan fingerprint density at radius 3 is 2.62 bits per heavy atom. The van der Waals surface area contributed by atoms with Gasteiger partial charge in [0.25, 0.3) is 0 Å². The molecule has 1 aromatic heterocycles. The van der Waals surface area contributed by atoms with Crippen LogP contribution in [-0.4, -0.2) is 24.6 Å². The number of fused-ring (bicyclic) bond motifs is 1. The summed E-state index contributed by atoms with van der Waals surface area (Å²) in [5, 5.41) is 7.87. The molecular formula is C20H25IN4O. The van der Waals surface area contributed by atoms with Gasteiger partial charge in [-0.25, -0.2) is 4.99 Å². The zero-order chi connectivity index (χ0) is 17.5. The summed E-state index contributed by atoms with van der Waals surface area (Å²) in [4.78, 5) is 8.08. The van der Waals surface area contributed by atoms with Crippen LogP contribution in [0, 0.1) is 0 Å². The quantitative estimate of drug-likeness (QED) is 0.293. The number of aliphatic imine (C=N–C) groups is 1. The van der Waals surface area contributed by atoms with E-state index in [4.69, 9.17) is 4.74 Å². The van der Waals surface area contributed by atoms with E-state index in [0.717, 1.165) is 35.0 Å². The fourth-order valence-corrected chi connectivity index (χ4v) is 2.75. The number of H-pyrrole nitrogens is 1. The topological polar surface area (TPSA) is 61.4 Å². The van der Waals surface area contributed by atoms with Gasteiger partial charge in [-0.05, 0) is 30.5 Å². The molecule has 5 nitrogen and oxygen atoms in total. The normalized spacial score (nSPS) is 11.1. The summed E-state index contributed by atoms with van der Waals surface area (Å²) in [7, 11) is 1.68. The Balaban J connectivity index is 0.00000243. The minimum absolute atomic E-state index is 0. The molecule has 0 aliphatic heterocycles. The Morgan fingerprint density at radius 2 is 1.85 bits per heavy atom. The lowest BCUT2D eigenvalue weighted by Gasteiger charge is -2.11. The summed E-state index contributed by atoms with van der Waals surface area (Å²) in [6, 6.07) is 18.4. The van der Waals surface area contributed by atoms with Crippen molar-refractivity contribution in [1.82, 2.24) is 15.6 Å². The molecule has 3 rings (SSSR count). The third kappa shape index (κ3) is 5.14. The fraction of sp³-hybridized carbons (Fsp3) is 0.250. The van der Waals surface area contributed by atoms with Crippen molar-refractivity contribution in [3.8, 4) is 5.75 Å². The van der Waals surface area contributed by atoms with Crippen molar-refractivity contribution in [3.63, 3.8) is 0 Å². The van der Waals surface area contributed by atoms with Crippen LogP contribution >= 0.6 is 24.0 Å². The number of para-hydroxylation sites is 2. The Hall–Kier alpha value is -2.22. The molecule has 0 spiro atoms. The van der Waals surface area contributed by atoms with Gasteiger partial charge in [-0.1, -0.05) is 36.4 Å². The SMILES string of the molecule is CCNC(=NCc1ccccc1OC)NCc1cc2ccccc2[nH]1.I. The molecule has 3 N–H and O–H groups in total. The first-order chi connectivity index (χ1) is 12.3. The smallest absolute Gasteiger partial charge is 0.191 e. The number of methoxy groups -OCH3 is 1. The number of ether oxygens (including phenoxy) is 1. The maximum absolute atomic E-state index is 5.39. The van der Waals surface area contributed by atoms with Crippen LogP contribution in [0.4, 0.5) is 0 Å². The highest BCUT2D eigenvalue weighted by Crippen LogP contribution is 2.18. The summed E-state index contributed by atoms with van der Waals surface area (Å²) in [6.07, 6.45) is 0. The Kier molecular flexibility index (Phi) is 7.77. The van der Waals surface area contributed by atoms with E-state index >= 15 is 0 Å². The Morgan fingerprint density at radius 1 is 1.08 bits per heavy atom. The summed E-state index contributed by atoms with van der Waals surface area (Å²) >= 11 is 0. The average Bonchev–Trinajstić information content (AvgIpc) is 3.07. The highest BCUT2D eigenvalue weighted by Gasteiger charge is 2.04. The van der Waals surface area contributed by atoms with Crippen LogP contribution in [0.25, 0.3) is 10.9 Å². The largest absolute Gasteiger partial charge is 0.496 e. The van der Waals surface area contributed by atoms with Gasteiger partial charge >= 0.3 is 0 Å². The molecule has 0 bridgehead atoms. The van der Waals surface area contributed by atoms with Gasteiger partial charge in [-0.3, -0.25) is 0 Å². The molecule has 26 heavy (non-hydrogen) atoms. The van der Waals surface area contributed by atoms with E-state index in [1.165, 1.54) is 5.39 Å². The van der Waals surface area contributed by atoms with E-state index in [1.807, 2.05) is 36.4 Å². The Bertz CT molecular complexity index is 827. The minimum Gasteiger partial charge on any atom is -0.496 e. The molecule has 0 atom stereocenters. The van der Waals surface area contributed by atoms with E-state index in [2.05, 4.69) is 45.7 Å². The molecule has 0 saturated heterocycles. The summed E-state index contributed by atoms with van der Waals surface area (Å²) in [6.45, 7) is 4.12. The molecule has 2 aromatic carbocycles. The number of benzene rings is 2. The van der Waals surface area contributed by atoms with Gasteiger partial charge < -0.3 is 20.4 Å². The molecule has 0 aliphatic carbocycles. The minimum atomic E-state index is 0. The monoisotopic (exact) mass is 464 g/mol. The Labute approximate surface area is 171 Å². The molecule has 1 heterocycles. The number of hydrogen-bond donors (Lipinski definition) is 3. The highest BCUT2D eigenvalue weighted by molar-refractivity contribution is 14.0. The summed E-state index contributed by atoms with van der Waals surface area (Å²) in [5.41, 5.74) is 3.34. The van der Waals surface area contributed by atoms with E-state index in [0.29, 0.717) is 13.1 Å². The van der Waals surface area contributed by atoms with E-state index in [-0.39, 0.29) is 24.0 Å². The molecule has 6 heteroatoms. The third-order valence-electron chi connectivity index (χ3n) is 3.98. The van der Waals surface area contributed by atoms with Crippen molar-refractivity contribution in [2.45, 2.75) is 20.0 Å². The van der Waals surface area contributed by atoms with Gasteiger partial charge in [0, 0.05) is 23.3 Å². The van der Waals surface area contributed by atoms with Crippen molar-refractivity contribution >= 4 is 40.8 Å². The number of guanidine groups is 1. The molecule has 0 amide bonds. The third-order valence-corrected chi connectivity index (χ3v) is 3.98. The van der Waals surface area contributed by atoms with Gasteiger partial charge in [0.05, 0.1) is 20.2 Å². The lowest BCUT2D eigenvalue weighted by Crippen LogP contribution is -2.36. The van der Waals surface area contributed by atoms with Crippen LogP contribution in [0.5, 0.6) is 5.75 Å². The highest BCUT2D eigenvalue weighted by atomic mass is 127. The average molecular weight is 464 g/mol. The number of aromatic amines is 1. The van der Waals surface area contributed by atoms with Gasteiger partial charge in [0.15, 0.2) is 5.96 Å². The van der Waals surface area contributed by atoms with Gasteiger partial charge in [-0.15, -0.1) is 24.0 Å². The van der Waals surface area contributed by atoms with Crippen LogP contribution in [0.3, 0.4) is 0 Å². The molecule has 138 valence electrons. The summed E-state index contributed by atoms with van der Waals surface area (Å²) < 4.78 is 5.39. The van der Waals surface area contributed by atoms with Crippen LogP contribution in [0.1, 0.15) is 18.2 Å². The molecule has 0 unspecified atom stereocenters. The van der Waals surface area contributed by atoms with Crippen LogP contribution in [0.2, 0.25) is 0 Å². The summed E-state index contributed by atoms with van der Waals surface area (Å²) in [5.74, 6) is 1.64. The number of rotatable bonds is 6. The van der Waals surface area contributed by atoms with Crippen molar-refractivity contribution in [2.24, 2.45) is 4.99 Å². The van der Waals surface area contributed by atoms with E-state index in [9.17, 15) is 0 Å². The number of nitrogens with zero attached hydrogens (tertiary/aromatic N) is 1. The first kappa shape index (κ1) is 20.1. The molecule has 0 radical (unpaired) electrons. The van der Waals surface area contributed by atoms with Crippen molar-refractivity contribution in [1.29, 1.82) is 0 Å². The zero-order valence-electron chi connectivity index (χ0n) is 15.1. The first-order valence-electron chi connectivity index (χ1n) is 8.51. The number of hydrogen-bond acceptors (Lipinski definition) is 2. The second-order valence-corrected chi connectivity index (χ2v) is 5.74. The van der Waals surface area contributed by atoms with Crippen molar-refractivity contribution < 1.29 is 4.74 Å². The predicted molar refractivity (Wildman–Crippen MR) is 118 cm³/mol. The molecular weight excluding hydrogens is 439 g/mol. The fourth-order valence-electron chi connectivity index (χ4n) is 2.75. The second-order valence-electron chi connectivity index (χ2n) is 5.74. The maximum atomic E-state index is 5.39. The van der Waals surface area contributed by atoms with Crippen molar-refractivity contribution in [3.05, 3.63) is 65.9 Å². The van der Waals surface area contributed by atoms with Crippen molar-refractivity contribution in [2.75, 3.05) is 13.7 Å². The van der Waals surface area contributed by atoms with E-state index < -0.39 is 0 Å². The lowest BCUT2D eigenvalue weighted by atomic mass is 10.2. The molecule has 0 fully saturated rings. The van der Waals surface area contributed by atoms with Gasteiger partial charge in [0.2, 0.25) is 0 Å². The first-order valence-corrected chi connectivity index (χ1v) is 8.51. The van der Waals surface area contributed by atoms with Gasteiger partial charge in [-0.2, -0.15) is 0 Å².